The Hall–Kier alpha value is -3.50. The molecular weight excluding hydrogens is 827 g/mol. The molecule has 0 aliphatic heterocycles. The quantitative estimate of drug-likeness (QED) is 0.0876. The molecule has 0 saturated heterocycles. The summed E-state index contributed by atoms with van der Waals surface area (Å²) in [7, 11) is -10.2. The molecule has 6 rings (SSSR count). The van der Waals surface area contributed by atoms with E-state index in [9.17, 15) is 0 Å². The van der Waals surface area contributed by atoms with Gasteiger partial charge in [-0.3, -0.25) is 0 Å². The zero-order valence-electron chi connectivity index (χ0n) is 32.0. The van der Waals surface area contributed by atoms with Gasteiger partial charge in [0.25, 0.3) is 0 Å². The van der Waals surface area contributed by atoms with Crippen molar-refractivity contribution in [1.82, 2.24) is 0 Å². The van der Waals surface area contributed by atoms with Crippen molar-refractivity contribution in [2.45, 2.75) is 70.7 Å². The van der Waals surface area contributed by atoms with Crippen LogP contribution < -0.4 is 10.7 Å². The van der Waals surface area contributed by atoms with Gasteiger partial charge < -0.3 is 0 Å². The molecule has 1 aliphatic carbocycles. The van der Waals surface area contributed by atoms with Crippen molar-refractivity contribution in [3.05, 3.63) is 175 Å². The standard InChI is InChI=1S/C28H37O4S2Si.3C6H5.Sn/c1-7-9-24-20-28(21-25(24)10-8-19-35(4,5)6,33(29,30)26-15-11-22(2)12-16-26)34(31,32)27-17-13-23(3)14-18-27;3*1-2-4-6-5-3-1;/h7-18,24-25H,1,19-21H2,2-6H3;3*1-5H;/b9-7+,10-8-;;;;/t24-,25-;;;;/m0..../s1. The average Bonchev–Trinajstić information content (AvgIpc) is 3.55. The Balaban J connectivity index is 1.51. The summed E-state index contributed by atoms with van der Waals surface area (Å²) in [4.78, 5) is 0.0939. The Labute approximate surface area is 328 Å². The van der Waals surface area contributed by atoms with Crippen molar-refractivity contribution in [2.24, 2.45) is 11.8 Å². The summed E-state index contributed by atoms with van der Waals surface area (Å²) in [5.41, 5.74) is 1.82. The first-order valence-corrected chi connectivity index (χ1v) is 31.8. The van der Waals surface area contributed by atoms with E-state index in [0.717, 1.165) is 21.6 Å². The van der Waals surface area contributed by atoms with Crippen LogP contribution in [0.25, 0.3) is 0 Å². The maximum absolute atomic E-state index is 15.1. The van der Waals surface area contributed by atoms with Gasteiger partial charge in [-0.1, -0.05) is 0 Å². The number of sulfone groups is 2. The molecule has 5 aromatic carbocycles. The molecule has 1 fully saturated rings. The molecule has 0 spiro atoms. The zero-order valence-corrected chi connectivity index (χ0v) is 37.5. The molecule has 0 bridgehead atoms. The van der Waals surface area contributed by atoms with Gasteiger partial charge in [0.2, 0.25) is 0 Å². The molecule has 0 aromatic heterocycles. The van der Waals surface area contributed by atoms with Gasteiger partial charge in [0.1, 0.15) is 0 Å². The topological polar surface area (TPSA) is 68.3 Å². The Morgan fingerprint density at radius 3 is 1.26 bits per heavy atom. The van der Waals surface area contributed by atoms with Gasteiger partial charge in [0, 0.05) is 0 Å². The molecule has 8 heteroatoms. The van der Waals surface area contributed by atoms with Gasteiger partial charge in [-0.2, -0.15) is 0 Å². The van der Waals surface area contributed by atoms with Crippen molar-refractivity contribution < 1.29 is 16.8 Å². The van der Waals surface area contributed by atoms with E-state index in [0.29, 0.717) is 0 Å². The second kappa shape index (κ2) is 16.3. The van der Waals surface area contributed by atoms with Crippen LogP contribution in [0, 0.1) is 25.7 Å². The summed E-state index contributed by atoms with van der Waals surface area (Å²) in [6, 6.07) is 46.6. The summed E-state index contributed by atoms with van der Waals surface area (Å²) >= 11 is -3.70. The molecular formula is C46H52O4S2SiSn. The van der Waals surface area contributed by atoms with Crippen LogP contribution in [0.1, 0.15) is 24.0 Å². The molecule has 5 aromatic rings. The van der Waals surface area contributed by atoms with Crippen molar-refractivity contribution in [1.29, 1.82) is 0 Å². The molecule has 2 atom stereocenters. The van der Waals surface area contributed by atoms with Crippen LogP contribution in [-0.2, 0) is 19.7 Å². The fourth-order valence-electron chi connectivity index (χ4n) is 8.01. The summed E-state index contributed by atoms with van der Waals surface area (Å²) in [5, 5.41) is 0. The molecule has 0 N–H and O–H groups in total. The zero-order chi connectivity index (χ0) is 38.6. The third kappa shape index (κ3) is 8.06. The maximum atomic E-state index is 15.1. The van der Waals surface area contributed by atoms with Crippen LogP contribution in [0.5, 0.6) is 0 Å². The van der Waals surface area contributed by atoms with Crippen LogP contribution in [-0.4, -0.2) is 47.4 Å². The van der Waals surface area contributed by atoms with E-state index in [1.54, 1.807) is 48.5 Å². The van der Waals surface area contributed by atoms with Crippen molar-refractivity contribution in [2.75, 3.05) is 0 Å². The second-order valence-electron chi connectivity index (χ2n) is 16.1. The number of aryl methyl sites for hydroxylation is 2. The molecule has 1 saturated carbocycles. The number of rotatable bonds is 13. The van der Waals surface area contributed by atoms with Crippen LogP contribution in [0.2, 0.25) is 30.1 Å². The van der Waals surface area contributed by atoms with Crippen molar-refractivity contribution in [3.63, 3.8) is 0 Å². The van der Waals surface area contributed by atoms with E-state index in [1.165, 1.54) is 10.7 Å². The van der Waals surface area contributed by atoms with Gasteiger partial charge in [-0.25, -0.2) is 0 Å². The van der Waals surface area contributed by atoms with Gasteiger partial charge in [-0.05, 0) is 0 Å². The fourth-order valence-corrected chi connectivity index (χ4v) is 26.9. The number of benzene rings is 5. The first-order valence-electron chi connectivity index (χ1n) is 18.8. The van der Waals surface area contributed by atoms with E-state index >= 15 is 16.8 Å². The molecule has 54 heavy (non-hydrogen) atoms. The van der Waals surface area contributed by atoms with Gasteiger partial charge in [0.05, 0.1) is 0 Å². The Kier molecular flexibility index (Phi) is 12.1. The van der Waals surface area contributed by atoms with Crippen LogP contribution >= 0.6 is 0 Å². The molecule has 1 aliphatic rings. The van der Waals surface area contributed by atoms with E-state index in [1.807, 2.05) is 13.8 Å². The minimum absolute atomic E-state index is 0.0128. The number of allylic oxidation sites excluding steroid dienone is 4. The summed E-state index contributed by atoms with van der Waals surface area (Å²) < 4.78 is 63.0. The van der Waals surface area contributed by atoms with Crippen molar-refractivity contribution >= 4 is 56.9 Å². The van der Waals surface area contributed by atoms with E-state index in [-0.39, 0.29) is 34.5 Å². The molecule has 0 amide bonds. The minimum atomic E-state index is -4.37. The van der Waals surface area contributed by atoms with Crippen molar-refractivity contribution in [3.8, 4) is 0 Å². The molecule has 0 heterocycles. The third-order valence-electron chi connectivity index (χ3n) is 11.0. The predicted octanol–water partition coefficient (Wildman–Crippen LogP) is 8.89. The van der Waals surface area contributed by atoms with E-state index in [2.05, 4.69) is 135 Å². The predicted molar refractivity (Wildman–Crippen MR) is 231 cm³/mol. The number of hydrogen-bond donors (Lipinski definition) is 0. The second-order valence-corrected chi connectivity index (χ2v) is 37.7. The first-order chi connectivity index (χ1) is 25.7. The Morgan fingerprint density at radius 1 is 0.556 bits per heavy atom. The molecule has 0 unspecified atom stereocenters. The van der Waals surface area contributed by atoms with Crippen LogP contribution in [0.15, 0.2) is 174 Å². The SMILES string of the molecule is Cc1ccc(S(=O)(=O)C2(S(=O)(=O)c3ccc(C)cc3)C[C@H](/C=C\C[Si](C)(C)C)[C@@H](/C=C/[CH2][Sn]([c]3ccccc3)([c]3ccccc3)[c]3ccccc3)C2)cc1. The average molecular weight is 880 g/mol. The van der Waals surface area contributed by atoms with E-state index in [4.69, 9.17) is 0 Å². The molecule has 0 radical (unpaired) electrons. The van der Waals surface area contributed by atoms with E-state index < -0.39 is 50.2 Å². The first kappa shape index (κ1) is 40.2. The van der Waals surface area contributed by atoms with Gasteiger partial charge in [-0.15, -0.1) is 0 Å². The molecule has 280 valence electrons. The molecule has 4 nitrogen and oxygen atoms in total. The van der Waals surface area contributed by atoms with Gasteiger partial charge >= 0.3 is 331 Å². The normalized spacial score (nSPS) is 18.0. The Morgan fingerprint density at radius 2 is 0.907 bits per heavy atom. The summed E-state index contributed by atoms with van der Waals surface area (Å²) in [5.74, 6) is -0.595. The monoisotopic (exact) mass is 880 g/mol. The summed E-state index contributed by atoms with van der Waals surface area (Å²) in [6.45, 7) is 10.7. The fraction of sp³-hybridized carbons (Fsp3) is 0.261. The van der Waals surface area contributed by atoms with Crippen LogP contribution in [0.4, 0.5) is 0 Å². The van der Waals surface area contributed by atoms with Crippen LogP contribution in [0.3, 0.4) is 0 Å². The third-order valence-corrected chi connectivity index (χ3v) is 31.9. The Bertz CT molecular complexity index is 2130. The number of hydrogen-bond acceptors (Lipinski definition) is 4. The summed E-state index contributed by atoms with van der Waals surface area (Å²) in [6.07, 6.45) is 8.71. The van der Waals surface area contributed by atoms with Gasteiger partial charge in [0.15, 0.2) is 0 Å².